The number of carbonyl (C=O) groups is 2. The smallest absolute Gasteiger partial charge is 0.239 e. The summed E-state index contributed by atoms with van der Waals surface area (Å²) in [6, 6.07) is 9.00. The number of piperazine rings is 1. The summed E-state index contributed by atoms with van der Waals surface area (Å²) in [5.41, 5.74) is 2.72. The third kappa shape index (κ3) is 5.63. The highest BCUT2D eigenvalue weighted by molar-refractivity contribution is 5.82. The molecule has 2 aliphatic rings. The van der Waals surface area contributed by atoms with Gasteiger partial charge in [-0.05, 0) is 42.7 Å². The van der Waals surface area contributed by atoms with E-state index in [1.165, 1.54) is 43.2 Å². The van der Waals surface area contributed by atoms with E-state index in [1.807, 2.05) is 16.7 Å². The standard InChI is InChI=1S/C25H39N3O2/c1-18(2)24(23-12-10-22(11-13-23)21-8-6-5-7-9-21)26-19(3)25(30)28-16-14-27(15-17-28)20(4)29/h10-13,18-19,21,24,26H,5-9,14-17H2,1-4H3. The Morgan fingerprint density at radius 3 is 2.00 bits per heavy atom. The van der Waals surface area contributed by atoms with Crippen LogP contribution in [0.4, 0.5) is 0 Å². The van der Waals surface area contributed by atoms with Crippen molar-refractivity contribution in [1.82, 2.24) is 15.1 Å². The molecule has 2 amide bonds. The van der Waals surface area contributed by atoms with Gasteiger partial charge in [-0.2, -0.15) is 0 Å². The average molecular weight is 414 g/mol. The van der Waals surface area contributed by atoms with Crippen molar-refractivity contribution in [3.8, 4) is 0 Å². The molecule has 2 fully saturated rings. The van der Waals surface area contributed by atoms with Crippen molar-refractivity contribution in [3.05, 3.63) is 35.4 Å². The Balaban J connectivity index is 1.60. The van der Waals surface area contributed by atoms with Crippen LogP contribution in [0.15, 0.2) is 24.3 Å². The Hall–Kier alpha value is -1.88. The lowest BCUT2D eigenvalue weighted by atomic mass is 9.83. The highest BCUT2D eigenvalue weighted by Gasteiger charge is 2.28. The zero-order chi connectivity index (χ0) is 21.7. The fraction of sp³-hybridized carbons (Fsp3) is 0.680. The van der Waals surface area contributed by atoms with Crippen LogP contribution in [0, 0.1) is 5.92 Å². The number of hydrogen-bond acceptors (Lipinski definition) is 3. The molecule has 1 heterocycles. The van der Waals surface area contributed by atoms with Crippen LogP contribution in [-0.4, -0.2) is 53.8 Å². The molecule has 2 unspecified atom stereocenters. The predicted octanol–water partition coefficient (Wildman–Crippen LogP) is 4.10. The van der Waals surface area contributed by atoms with E-state index in [0.717, 1.165) is 0 Å². The summed E-state index contributed by atoms with van der Waals surface area (Å²) in [7, 11) is 0. The van der Waals surface area contributed by atoms with Gasteiger partial charge in [0.25, 0.3) is 0 Å². The van der Waals surface area contributed by atoms with E-state index in [9.17, 15) is 9.59 Å². The maximum Gasteiger partial charge on any atom is 0.239 e. The zero-order valence-corrected chi connectivity index (χ0v) is 19.2. The van der Waals surface area contributed by atoms with E-state index in [1.54, 1.807) is 6.92 Å². The lowest BCUT2D eigenvalue weighted by Gasteiger charge is -2.36. The summed E-state index contributed by atoms with van der Waals surface area (Å²) in [4.78, 5) is 28.2. The Labute approximate surface area is 182 Å². The van der Waals surface area contributed by atoms with Gasteiger partial charge in [-0.3, -0.25) is 14.9 Å². The molecule has 2 atom stereocenters. The van der Waals surface area contributed by atoms with E-state index < -0.39 is 0 Å². The molecular weight excluding hydrogens is 374 g/mol. The topological polar surface area (TPSA) is 52.7 Å². The van der Waals surface area contributed by atoms with E-state index in [2.05, 4.69) is 43.4 Å². The third-order valence-electron chi connectivity index (χ3n) is 6.88. The Bertz CT molecular complexity index is 702. The van der Waals surface area contributed by atoms with Crippen LogP contribution in [0.25, 0.3) is 0 Å². The molecule has 0 aromatic heterocycles. The molecule has 166 valence electrons. The van der Waals surface area contributed by atoms with Crippen molar-refractivity contribution in [3.63, 3.8) is 0 Å². The monoisotopic (exact) mass is 413 g/mol. The number of nitrogens with zero attached hydrogens (tertiary/aromatic N) is 2. The molecule has 0 bridgehead atoms. The van der Waals surface area contributed by atoms with E-state index in [0.29, 0.717) is 38.0 Å². The summed E-state index contributed by atoms with van der Waals surface area (Å²) in [6.07, 6.45) is 6.71. The molecule has 1 saturated carbocycles. The molecule has 1 saturated heterocycles. The van der Waals surface area contributed by atoms with Gasteiger partial charge in [-0.1, -0.05) is 57.4 Å². The van der Waals surface area contributed by atoms with Crippen LogP contribution >= 0.6 is 0 Å². The number of nitrogens with one attached hydrogen (secondary N) is 1. The molecule has 3 rings (SSSR count). The average Bonchev–Trinajstić information content (AvgIpc) is 2.77. The molecular formula is C25H39N3O2. The predicted molar refractivity (Wildman–Crippen MR) is 121 cm³/mol. The minimum Gasteiger partial charge on any atom is -0.339 e. The van der Waals surface area contributed by atoms with Crippen molar-refractivity contribution in [2.75, 3.05) is 26.2 Å². The lowest BCUT2D eigenvalue weighted by Crippen LogP contribution is -2.54. The molecule has 1 aromatic carbocycles. The van der Waals surface area contributed by atoms with Crippen LogP contribution in [-0.2, 0) is 9.59 Å². The summed E-state index contributed by atoms with van der Waals surface area (Å²) in [5, 5.41) is 3.59. The van der Waals surface area contributed by atoms with E-state index in [-0.39, 0.29) is 23.9 Å². The van der Waals surface area contributed by atoms with Gasteiger partial charge in [-0.25, -0.2) is 0 Å². The second-order valence-corrected chi connectivity index (χ2v) is 9.44. The molecule has 0 spiro atoms. The first kappa shape index (κ1) is 22.8. The molecule has 5 nitrogen and oxygen atoms in total. The minimum absolute atomic E-state index is 0.0878. The number of hydrogen-bond donors (Lipinski definition) is 1. The van der Waals surface area contributed by atoms with Crippen molar-refractivity contribution in [1.29, 1.82) is 0 Å². The van der Waals surface area contributed by atoms with Crippen LogP contribution < -0.4 is 5.32 Å². The largest absolute Gasteiger partial charge is 0.339 e. The van der Waals surface area contributed by atoms with Crippen molar-refractivity contribution in [2.45, 2.75) is 77.8 Å². The van der Waals surface area contributed by atoms with Gasteiger partial charge in [0.05, 0.1) is 6.04 Å². The fourth-order valence-corrected chi connectivity index (χ4v) is 4.94. The van der Waals surface area contributed by atoms with Crippen LogP contribution in [0.2, 0.25) is 0 Å². The van der Waals surface area contributed by atoms with E-state index >= 15 is 0 Å². The normalized spacial score (nSPS) is 20.3. The molecule has 1 aliphatic heterocycles. The van der Waals surface area contributed by atoms with Gasteiger partial charge in [-0.15, -0.1) is 0 Å². The van der Waals surface area contributed by atoms with Crippen LogP contribution in [0.3, 0.4) is 0 Å². The van der Waals surface area contributed by atoms with Crippen LogP contribution in [0.5, 0.6) is 0 Å². The molecule has 30 heavy (non-hydrogen) atoms. The quantitative estimate of drug-likeness (QED) is 0.764. The fourth-order valence-electron chi connectivity index (χ4n) is 4.94. The number of benzene rings is 1. The second-order valence-electron chi connectivity index (χ2n) is 9.44. The Morgan fingerprint density at radius 2 is 1.47 bits per heavy atom. The summed E-state index contributed by atoms with van der Waals surface area (Å²) in [6.45, 7) is 10.5. The summed E-state index contributed by atoms with van der Waals surface area (Å²) in [5.74, 6) is 1.32. The van der Waals surface area contributed by atoms with Crippen molar-refractivity contribution < 1.29 is 9.59 Å². The van der Waals surface area contributed by atoms with Gasteiger partial charge >= 0.3 is 0 Å². The SMILES string of the molecule is CC(=O)N1CCN(C(=O)C(C)NC(c2ccc(C3CCCCC3)cc2)C(C)C)CC1. The highest BCUT2D eigenvalue weighted by Crippen LogP contribution is 2.33. The number of amides is 2. The lowest BCUT2D eigenvalue weighted by molar-refractivity contribution is -0.139. The van der Waals surface area contributed by atoms with Crippen LogP contribution in [0.1, 0.15) is 82.9 Å². The van der Waals surface area contributed by atoms with Gasteiger partial charge in [0.15, 0.2) is 0 Å². The van der Waals surface area contributed by atoms with E-state index in [4.69, 9.17) is 0 Å². The Kier molecular flexibility index (Phi) is 7.93. The molecule has 0 radical (unpaired) electrons. The molecule has 1 aliphatic carbocycles. The summed E-state index contributed by atoms with van der Waals surface area (Å²) < 4.78 is 0. The third-order valence-corrected chi connectivity index (χ3v) is 6.88. The van der Waals surface area contributed by atoms with Gasteiger partial charge in [0, 0.05) is 39.1 Å². The first-order valence-corrected chi connectivity index (χ1v) is 11.8. The minimum atomic E-state index is -0.251. The highest BCUT2D eigenvalue weighted by atomic mass is 16.2. The Morgan fingerprint density at radius 1 is 0.900 bits per heavy atom. The summed E-state index contributed by atoms with van der Waals surface area (Å²) >= 11 is 0. The van der Waals surface area contributed by atoms with Gasteiger partial charge in [0.1, 0.15) is 0 Å². The molecule has 5 heteroatoms. The number of rotatable bonds is 6. The first-order chi connectivity index (χ1) is 14.4. The molecule has 1 N–H and O–H groups in total. The second kappa shape index (κ2) is 10.4. The van der Waals surface area contributed by atoms with Gasteiger partial charge in [0.2, 0.25) is 11.8 Å². The van der Waals surface area contributed by atoms with Gasteiger partial charge < -0.3 is 9.80 Å². The van der Waals surface area contributed by atoms with Crippen molar-refractivity contribution >= 4 is 11.8 Å². The first-order valence-electron chi connectivity index (χ1n) is 11.8. The molecule has 1 aromatic rings. The maximum absolute atomic E-state index is 13.0. The number of carbonyl (C=O) groups excluding carboxylic acids is 2. The zero-order valence-electron chi connectivity index (χ0n) is 19.2. The maximum atomic E-state index is 13.0. The van der Waals surface area contributed by atoms with Crippen molar-refractivity contribution in [2.24, 2.45) is 5.92 Å².